The van der Waals surface area contributed by atoms with Crippen molar-refractivity contribution in [3.05, 3.63) is 58.7 Å². The Hall–Kier alpha value is -1.93. The number of aliphatic hydroxyl groups is 1. The molecule has 0 aromatic heterocycles. The zero-order valence-electron chi connectivity index (χ0n) is 10.4. The van der Waals surface area contributed by atoms with E-state index in [2.05, 4.69) is 0 Å². The van der Waals surface area contributed by atoms with Gasteiger partial charge in [0.05, 0.1) is 6.10 Å². The van der Waals surface area contributed by atoms with Crippen LogP contribution in [0.15, 0.2) is 36.4 Å². The van der Waals surface area contributed by atoms with Gasteiger partial charge in [-0.15, -0.1) is 0 Å². The third-order valence-electron chi connectivity index (χ3n) is 3.56. The zero-order valence-corrected chi connectivity index (χ0v) is 10.4. The quantitative estimate of drug-likeness (QED) is 0.706. The molecule has 1 unspecified atom stereocenters. The van der Waals surface area contributed by atoms with Gasteiger partial charge >= 0.3 is 0 Å². The van der Waals surface area contributed by atoms with Crippen molar-refractivity contribution in [3.8, 4) is 11.1 Å². The zero-order chi connectivity index (χ0) is 12.9. The Kier molecular flexibility index (Phi) is 2.35. The predicted octanol–water partition coefficient (Wildman–Crippen LogP) is 3.26. The van der Waals surface area contributed by atoms with Gasteiger partial charge in [-0.05, 0) is 48.2 Å². The number of hydrogen-bond acceptors (Lipinski definition) is 2. The average Bonchev–Trinajstić information content (AvgIpc) is 2.62. The van der Waals surface area contributed by atoms with E-state index < -0.39 is 6.10 Å². The minimum absolute atomic E-state index is 0.0841. The van der Waals surface area contributed by atoms with Crippen molar-refractivity contribution in [2.75, 3.05) is 0 Å². The molecule has 0 saturated carbocycles. The molecule has 0 aliphatic heterocycles. The van der Waals surface area contributed by atoms with Gasteiger partial charge < -0.3 is 5.11 Å². The van der Waals surface area contributed by atoms with E-state index in [4.69, 9.17) is 0 Å². The second-order valence-corrected chi connectivity index (χ2v) is 4.81. The number of fused-ring (bicyclic) bond motifs is 3. The predicted molar refractivity (Wildman–Crippen MR) is 70.7 cm³/mol. The van der Waals surface area contributed by atoms with Crippen molar-refractivity contribution >= 4 is 5.78 Å². The van der Waals surface area contributed by atoms with Gasteiger partial charge in [0.25, 0.3) is 0 Å². The smallest absolute Gasteiger partial charge is 0.194 e. The summed E-state index contributed by atoms with van der Waals surface area (Å²) in [5, 5.41) is 9.76. The molecule has 2 aromatic carbocycles. The first-order valence-corrected chi connectivity index (χ1v) is 6.06. The molecule has 0 heterocycles. The average molecular weight is 238 g/mol. The van der Waals surface area contributed by atoms with Crippen LogP contribution in [0.25, 0.3) is 11.1 Å². The van der Waals surface area contributed by atoms with E-state index in [1.54, 1.807) is 6.92 Å². The summed E-state index contributed by atoms with van der Waals surface area (Å²) in [5.74, 6) is 0.0841. The lowest BCUT2D eigenvalue weighted by atomic mass is 9.96. The maximum Gasteiger partial charge on any atom is 0.194 e. The van der Waals surface area contributed by atoms with Gasteiger partial charge in [0, 0.05) is 11.1 Å². The summed E-state index contributed by atoms with van der Waals surface area (Å²) < 4.78 is 0. The number of aryl methyl sites for hydroxylation is 1. The van der Waals surface area contributed by atoms with Crippen LogP contribution < -0.4 is 0 Å². The van der Waals surface area contributed by atoms with Gasteiger partial charge in [-0.2, -0.15) is 0 Å². The number of carbonyl (C=O) groups excluding carboxylic acids is 1. The third-order valence-corrected chi connectivity index (χ3v) is 3.56. The third kappa shape index (κ3) is 1.42. The lowest BCUT2D eigenvalue weighted by Gasteiger charge is -2.11. The van der Waals surface area contributed by atoms with Crippen molar-refractivity contribution in [2.45, 2.75) is 20.0 Å². The summed E-state index contributed by atoms with van der Waals surface area (Å²) in [5.41, 5.74) is 5.27. The summed E-state index contributed by atoms with van der Waals surface area (Å²) in [6.07, 6.45) is -0.516. The molecule has 0 radical (unpaired) electrons. The Morgan fingerprint density at radius 3 is 2.33 bits per heavy atom. The molecule has 0 amide bonds. The maximum atomic E-state index is 12.3. The van der Waals surface area contributed by atoms with Crippen molar-refractivity contribution in [3.63, 3.8) is 0 Å². The molecule has 18 heavy (non-hydrogen) atoms. The van der Waals surface area contributed by atoms with Crippen molar-refractivity contribution in [2.24, 2.45) is 0 Å². The second kappa shape index (κ2) is 3.79. The van der Waals surface area contributed by atoms with Gasteiger partial charge in [-0.1, -0.05) is 24.3 Å². The highest BCUT2D eigenvalue weighted by Gasteiger charge is 2.27. The van der Waals surface area contributed by atoms with Gasteiger partial charge in [-0.3, -0.25) is 4.79 Å². The molecule has 0 bridgehead atoms. The SMILES string of the molecule is Cc1cc2c(cc1C(C)O)-c1ccccc1C2=O. The molecular formula is C16H14O2. The van der Waals surface area contributed by atoms with E-state index in [0.717, 1.165) is 33.4 Å². The molecule has 3 rings (SSSR count). The van der Waals surface area contributed by atoms with Crippen LogP contribution in [0.4, 0.5) is 0 Å². The van der Waals surface area contributed by atoms with Gasteiger partial charge in [0.2, 0.25) is 0 Å². The fraction of sp³-hybridized carbons (Fsp3) is 0.188. The fourth-order valence-electron chi connectivity index (χ4n) is 2.65. The normalized spacial score (nSPS) is 14.3. The van der Waals surface area contributed by atoms with Crippen molar-refractivity contribution in [1.82, 2.24) is 0 Å². The second-order valence-electron chi connectivity index (χ2n) is 4.81. The number of aliphatic hydroxyl groups excluding tert-OH is 1. The summed E-state index contributed by atoms with van der Waals surface area (Å²) in [6.45, 7) is 3.68. The molecule has 2 aromatic rings. The Labute approximate surface area is 106 Å². The highest BCUT2D eigenvalue weighted by Crippen LogP contribution is 2.38. The molecule has 1 aliphatic carbocycles. The number of rotatable bonds is 1. The number of hydrogen-bond donors (Lipinski definition) is 1. The Morgan fingerprint density at radius 2 is 1.67 bits per heavy atom. The lowest BCUT2D eigenvalue weighted by Crippen LogP contribution is -1.99. The first-order valence-electron chi connectivity index (χ1n) is 6.06. The molecule has 1 aliphatic rings. The standard InChI is InChI=1S/C16H14O2/c1-9-7-15-14(8-13(9)10(2)17)11-5-3-4-6-12(11)16(15)18/h3-8,10,17H,1-2H3. The first kappa shape index (κ1) is 11.2. The molecule has 2 heteroatoms. The van der Waals surface area contributed by atoms with Gasteiger partial charge in [0.15, 0.2) is 5.78 Å². The summed E-state index contributed by atoms with van der Waals surface area (Å²) in [4.78, 5) is 12.3. The van der Waals surface area contributed by atoms with Crippen LogP contribution >= 0.6 is 0 Å². The summed E-state index contributed by atoms with van der Waals surface area (Å²) in [6, 6.07) is 11.5. The summed E-state index contributed by atoms with van der Waals surface area (Å²) in [7, 11) is 0. The molecular weight excluding hydrogens is 224 g/mol. The van der Waals surface area contributed by atoms with Crippen LogP contribution in [0.1, 0.15) is 40.1 Å². The number of benzene rings is 2. The van der Waals surface area contributed by atoms with E-state index in [1.165, 1.54) is 0 Å². The van der Waals surface area contributed by atoms with Crippen LogP contribution in [0.5, 0.6) is 0 Å². The first-order chi connectivity index (χ1) is 8.59. The molecule has 2 nitrogen and oxygen atoms in total. The van der Waals surface area contributed by atoms with Crippen LogP contribution in [-0.4, -0.2) is 10.9 Å². The maximum absolute atomic E-state index is 12.3. The van der Waals surface area contributed by atoms with Gasteiger partial charge in [-0.25, -0.2) is 0 Å². The van der Waals surface area contributed by atoms with Crippen molar-refractivity contribution < 1.29 is 9.90 Å². The molecule has 0 fully saturated rings. The largest absolute Gasteiger partial charge is 0.389 e. The molecule has 90 valence electrons. The Morgan fingerprint density at radius 1 is 1.00 bits per heavy atom. The number of ketones is 1. The summed E-state index contributed by atoms with van der Waals surface area (Å²) >= 11 is 0. The Balaban J connectivity index is 2.31. The van der Waals surface area contributed by atoms with E-state index >= 15 is 0 Å². The van der Waals surface area contributed by atoms with Crippen LogP contribution in [0, 0.1) is 6.92 Å². The van der Waals surface area contributed by atoms with Crippen LogP contribution in [-0.2, 0) is 0 Å². The molecule has 1 N–H and O–H groups in total. The van der Waals surface area contributed by atoms with Gasteiger partial charge in [0.1, 0.15) is 0 Å². The van der Waals surface area contributed by atoms with Crippen LogP contribution in [0.2, 0.25) is 0 Å². The minimum atomic E-state index is -0.516. The number of carbonyl (C=O) groups is 1. The topological polar surface area (TPSA) is 37.3 Å². The molecule has 0 spiro atoms. The minimum Gasteiger partial charge on any atom is -0.389 e. The van der Waals surface area contributed by atoms with E-state index in [1.807, 2.05) is 43.3 Å². The molecule has 0 saturated heterocycles. The fourth-order valence-corrected chi connectivity index (χ4v) is 2.65. The van der Waals surface area contributed by atoms with Crippen molar-refractivity contribution in [1.29, 1.82) is 0 Å². The van der Waals surface area contributed by atoms with Crippen LogP contribution in [0.3, 0.4) is 0 Å². The molecule has 1 atom stereocenters. The highest BCUT2D eigenvalue weighted by atomic mass is 16.3. The lowest BCUT2D eigenvalue weighted by molar-refractivity contribution is 0.104. The van der Waals surface area contributed by atoms with E-state index in [0.29, 0.717) is 0 Å². The van der Waals surface area contributed by atoms with E-state index in [-0.39, 0.29) is 5.78 Å². The monoisotopic (exact) mass is 238 g/mol. The Bertz CT molecular complexity index is 654. The van der Waals surface area contributed by atoms with E-state index in [9.17, 15) is 9.90 Å². The highest BCUT2D eigenvalue weighted by molar-refractivity contribution is 6.21.